The summed E-state index contributed by atoms with van der Waals surface area (Å²) < 4.78 is 5.42. The van der Waals surface area contributed by atoms with Crippen LogP contribution in [0.2, 0.25) is 0 Å². The average Bonchev–Trinajstić information content (AvgIpc) is 3.32. The van der Waals surface area contributed by atoms with Gasteiger partial charge in [0.1, 0.15) is 0 Å². The third kappa shape index (κ3) is 51.2. The van der Waals surface area contributed by atoms with Crippen LogP contribution in [-0.2, 0) is 14.3 Å². The predicted octanol–water partition coefficient (Wildman–Crippen LogP) is 17.8. The molecule has 0 aromatic heterocycles. The fourth-order valence-electron chi connectivity index (χ4n) is 8.68. The Morgan fingerprint density at radius 3 is 1.18 bits per heavy atom. The fraction of sp³-hybridized carbons (Fsp3) is 0.833. The number of amides is 1. The Bertz CT molecular complexity index is 1110. The number of ether oxygens (including phenoxy) is 1. The minimum Gasteiger partial charge on any atom is -0.465 e. The molecule has 0 aliphatic heterocycles. The van der Waals surface area contributed by atoms with Crippen molar-refractivity contribution in [2.24, 2.45) is 0 Å². The smallest absolute Gasteiger partial charge is 0.305 e. The van der Waals surface area contributed by atoms with Crippen molar-refractivity contribution in [3.63, 3.8) is 0 Å². The maximum atomic E-state index is 12.4. The Hall–Kier alpha value is -2.18. The van der Waals surface area contributed by atoms with Crippen LogP contribution in [0.1, 0.15) is 296 Å². The maximum absolute atomic E-state index is 12.4. The van der Waals surface area contributed by atoms with Crippen LogP contribution < -0.4 is 5.32 Å². The molecule has 0 radical (unpaired) electrons. The normalized spacial score (nSPS) is 13.0. The van der Waals surface area contributed by atoms with Gasteiger partial charge in [-0.15, -0.1) is 0 Å². The van der Waals surface area contributed by atoms with Gasteiger partial charge in [-0.25, -0.2) is 0 Å². The maximum Gasteiger partial charge on any atom is 0.305 e. The van der Waals surface area contributed by atoms with Crippen molar-refractivity contribution in [3.8, 4) is 0 Å². The van der Waals surface area contributed by atoms with Crippen LogP contribution >= 0.6 is 0 Å². The Labute approximate surface area is 410 Å². The van der Waals surface area contributed by atoms with Gasteiger partial charge in [0.05, 0.1) is 25.4 Å². The molecule has 66 heavy (non-hydrogen) atoms. The Kier molecular flexibility index (Phi) is 53.6. The number of carbonyl (C=O) groups excluding carboxylic acids is 2. The van der Waals surface area contributed by atoms with Crippen molar-refractivity contribution in [2.75, 3.05) is 13.2 Å². The zero-order chi connectivity index (χ0) is 47.9. The van der Waals surface area contributed by atoms with Gasteiger partial charge in [-0.2, -0.15) is 0 Å². The molecule has 1 amide bonds. The van der Waals surface area contributed by atoms with Gasteiger partial charge in [0.2, 0.25) is 5.91 Å². The lowest BCUT2D eigenvalue weighted by atomic mass is 10.0. The predicted molar refractivity (Wildman–Crippen MR) is 287 cm³/mol. The number of rotatable bonds is 53. The molecule has 0 rings (SSSR count). The molecule has 6 nitrogen and oxygen atoms in total. The quantitative estimate of drug-likeness (QED) is 0.0321. The number of allylic oxidation sites excluding steroid dienone is 7. The minimum atomic E-state index is -0.667. The van der Waals surface area contributed by atoms with Gasteiger partial charge in [0.25, 0.3) is 0 Å². The highest BCUT2D eigenvalue weighted by Gasteiger charge is 2.20. The van der Waals surface area contributed by atoms with Gasteiger partial charge < -0.3 is 20.3 Å². The van der Waals surface area contributed by atoms with Gasteiger partial charge in [-0.3, -0.25) is 9.59 Å². The van der Waals surface area contributed by atoms with Crippen LogP contribution in [0.5, 0.6) is 0 Å². The van der Waals surface area contributed by atoms with E-state index >= 15 is 0 Å². The Morgan fingerprint density at radius 1 is 0.424 bits per heavy atom. The van der Waals surface area contributed by atoms with E-state index in [0.29, 0.717) is 25.9 Å². The highest BCUT2D eigenvalue weighted by molar-refractivity contribution is 5.76. The molecule has 0 saturated carbocycles. The monoisotopic (exact) mass is 926 g/mol. The highest BCUT2D eigenvalue weighted by atomic mass is 16.5. The average molecular weight is 927 g/mol. The van der Waals surface area contributed by atoms with Crippen LogP contribution in [-0.4, -0.2) is 47.4 Å². The summed E-state index contributed by atoms with van der Waals surface area (Å²) in [5.74, 6) is -0.0849. The molecule has 2 atom stereocenters. The van der Waals surface area contributed by atoms with Gasteiger partial charge >= 0.3 is 5.97 Å². The summed E-state index contributed by atoms with van der Waals surface area (Å²) in [6, 6.07) is -0.545. The molecule has 0 aliphatic carbocycles. The zero-order valence-corrected chi connectivity index (χ0v) is 43.9. The first-order chi connectivity index (χ1) is 32.5. The molecule has 0 heterocycles. The number of aliphatic hydroxyl groups is 2. The lowest BCUT2D eigenvalue weighted by molar-refractivity contribution is -0.143. The fourth-order valence-corrected chi connectivity index (χ4v) is 8.68. The Balaban J connectivity index is 3.45. The summed E-state index contributed by atoms with van der Waals surface area (Å²) in [6.45, 7) is 4.80. The number of hydrogen-bond donors (Lipinski definition) is 3. The SMILES string of the molecule is CCCCC/C=C\C/C=C\CCCCCCCCCC(=O)OCC/C=C\C/C=C\CCCCCCCCCCCCCCCCC(=O)NC(CO)C(O)CCCCCCCCCCCCC. The molecule has 0 aliphatic rings. The van der Waals surface area contributed by atoms with E-state index in [1.54, 1.807) is 0 Å². The number of esters is 1. The third-order valence-electron chi connectivity index (χ3n) is 13.1. The first-order valence-corrected chi connectivity index (χ1v) is 28.9. The van der Waals surface area contributed by atoms with Crippen molar-refractivity contribution in [2.45, 2.75) is 309 Å². The molecule has 0 aromatic rings. The van der Waals surface area contributed by atoms with E-state index in [-0.39, 0.29) is 18.5 Å². The topological polar surface area (TPSA) is 95.9 Å². The summed E-state index contributed by atoms with van der Waals surface area (Å²) in [5, 5.41) is 23.2. The van der Waals surface area contributed by atoms with Gasteiger partial charge in [0, 0.05) is 12.8 Å². The molecular weight excluding hydrogens is 815 g/mol. The standard InChI is InChI=1S/C60H111NO5/c1-3-5-7-9-11-13-15-16-17-23-27-30-34-38-42-46-50-54-60(65)66-55-51-47-43-39-35-31-28-25-22-20-18-19-21-24-26-29-33-37-41-45-49-53-59(64)61-57(56-62)58(63)52-48-44-40-36-32-14-12-10-8-6-4-2/h11,13,16-17,31,35,43,47,57-58,62-63H,3-10,12,14-15,18-30,32-34,36-42,44-46,48-56H2,1-2H3,(H,61,64)/b13-11-,17-16-,35-31-,47-43-. The van der Waals surface area contributed by atoms with Gasteiger partial charge in [0.15, 0.2) is 0 Å². The number of aliphatic hydroxyl groups excluding tert-OH is 2. The number of hydrogen-bond acceptors (Lipinski definition) is 5. The second kappa shape index (κ2) is 55.4. The van der Waals surface area contributed by atoms with E-state index < -0.39 is 12.1 Å². The first kappa shape index (κ1) is 63.8. The van der Waals surface area contributed by atoms with E-state index in [1.165, 1.54) is 205 Å². The second-order valence-corrected chi connectivity index (χ2v) is 19.6. The van der Waals surface area contributed by atoms with Crippen molar-refractivity contribution in [1.29, 1.82) is 0 Å². The number of unbranched alkanes of at least 4 members (excludes halogenated alkanes) is 34. The van der Waals surface area contributed by atoms with Crippen LogP contribution in [0.4, 0.5) is 0 Å². The van der Waals surface area contributed by atoms with E-state index in [4.69, 9.17) is 4.74 Å². The minimum absolute atomic E-state index is 0.0414. The molecule has 0 fully saturated rings. The number of carbonyl (C=O) groups is 2. The lowest BCUT2D eigenvalue weighted by Crippen LogP contribution is -2.45. The van der Waals surface area contributed by atoms with Crippen LogP contribution in [0.25, 0.3) is 0 Å². The second-order valence-electron chi connectivity index (χ2n) is 19.6. The molecule has 386 valence electrons. The summed E-state index contributed by atoms with van der Waals surface area (Å²) in [4.78, 5) is 24.5. The third-order valence-corrected chi connectivity index (χ3v) is 13.1. The van der Waals surface area contributed by atoms with Crippen molar-refractivity contribution >= 4 is 11.9 Å². The summed E-state index contributed by atoms with van der Waals surface area (Å²) in [7, 11) is 0. The highest BCUT2D eigenvalue weighted by Crippen LogP contribution is 2.16. The lowest BCUT2D eigenvalue weighted by Gasteiger charge is -2.22. The van der Waals surface area contributed by atoms with Gasteiger partial charge in [-0.1, -0.05) is 255 Å². The molecule has 0 aromatic carbocycles. The molecule has 0 saturated heterocycles. The summed E-state index contributed by atoms with van der Waals surface area (Å²) in [5.41, 5.74) is 0. The molecule has 3 N–H and O–H groups in total. The van der Waals surface area contributed by atoms with Crippen molar-refractivity contribution in [3.05, 3.63) is 48.6 Å². The largest absolute Gasteiger partial charge is 0.465 e. The first-order valence-electron chi connectivity index (χ1n) is 28.9. The van der Waals surface area contributed by atoms with Crippen LogP contribution in [0.3, 0.4) is 0 Å². The van der Waals surface area contributed by atoms with Crippen molar-refractivity contribution in [1.82, 2.24) is 5.32 Å². The molecule has 0 bridgehead atoms. The Morgan fingerprint density at radius 2 is 0.758 bits per heavy atom. The molecule has 2 unspecified atom stereocenters. The molecule has 0 spiro atoms. The summed E-state index contributed by atoms with van der Waals surface area (Å²) in [6.07, 6.45) is 69.8. The van der Waals surface area contributed by atoms with E-state index in [2.05, 4.69) is 67.8 Å². The molecule has 6 heteroatoms. The van der Waals surface area contributed by atoms with Crippen LogP contribution in [0.15, 0.2) is 48.6 Å². The zero-order valence-electron chi connectivity index (χ0n) is 43.9. The molecular formula is C60H111NO5. The van der Waals surface area contributed by atoms with Crippen LogP contribution in [0, 0.1) is 0 Å². The van der Waals surface area contributed by atoms with E-state index in [0.717, 1.165) is 57.8 Å². The van der Waals surface area contributed by atoms with Gasteiger partial charge in [-0.05, 0) is 77.0 Å². The van der Waals surface area contributed by atoms with E-state index in [1.807, 2.05) is 0 Å². The summed E-state index contributed by atoms with van der Waals surface area (Å²) >= 11 is 0. The van der Waals surface area contributed by atoms with Crippen molar-refractivity contribution < 1.29 is 24.5 Å². The van der Waals surface area contributed by atoms with E-state index in [9.17, 15) is 19.8 Å². The number of nitrogens with one attached hydrogen (secondary N) is 1.